The summed E-state index contributed by atoms with van der Waals surface area (Å²) in [6.07, 6.45) is 16.3. The van der Waals surface area contributed by atoms with Crippen molar-refractivity contribution in [1.29, 1.82) is 0 Å². The number of aromatic nitrogens is 2. The average molecular weight is 454 g/mol. The summed E-state index contributed by atoms with van der Waals surface area (Å²) in [5.41, 5.74) is 2.25. The lowest BCUT2D eigenvalue weighted by Gasteiger charge is -2.24. The Bertz CT molecular complexity index is 807. The minimum Gasteiger partial charge on any atom is -0.491 e. The number of piperidine rings is 1. The monoisotopic (exact) mass is 453 g/mol. The molecule has 182 valence electrons. The van der Waals surface area contributed by atoms with Crippen molar-refractivity contribution in [2.45, 2.75) is 64.9 Å². The molecule has 0 bridgehead atoms. The lowest BCUT2D eigenvalue weighted by atomic mass is 10.1. The summed E-state index contributed by atoms with van der Waals surface area (Å²) >= 11 is 0. The van der Waals surface area contributed by atoms with Crippen molar-refractivity contribution in [1.82, 2.24) is 20.2 Å². The van der Waals surface area contributed by atoms with Crippen LogP contribution in [0, 0.1) is 0 Å². The van der Waals surface area contributed by atoms with Gasteiger partial charge in [-0.1, -0.05) is 13.0 Å². The number of nitrogens with one attached hydrogen (secondary N) is 1. The molecule has 3 aliphatic rings. The van der Waals surface area contributed by atoms with E-state index in [4.69, 9.17) is 9.72 Å². The lowest BCUT2D eigenvalue weighted by Crippen LogP contribution is -2.32. The normalized spacial score (nSPS) is 19.8. The number of likely N-dealkylation sites (N-methyl/N-ethyl adjacent to an activating group) is 1. The minimum absolute atomic E-state index is 0.272. The van der Waals surface area contributed by atoms with E-state index in [-0.39, 0.29) is 6.10 Å². The molecule has 1 aromatic heterocycles. The summed E-state index contributed by atoms with van der Waals surface area (Å²) in [7, 11) is 2.08. The van der Waals surface area contributed by atoms with Crippen LogP contribution < -0.4 is 10.2 Å². The molecule has 0 amide bonds. The summed E-state index contributed by atoms with van der Waals surface area (Å²) in [6.45, 7) is 15.2. The molecule has 33 heavy (non-hydrogen) atoms. The van der Waals surface area contributed by atoms with Crippen molar-refractivity contribution in [2.24, 2.45) is 0 Å². The molecule has 0 aliphatic carbocycles. The minimum atomic E-state index is 0.272. The van der Waals surface area contributed by atoms with Gasteiger partial charge in [0.1, 0.15) is 17.7 Å². The van der Waals surface area contributed by atoms with Crippen molar-refractivity contribution < 1.29 is 4.74 Å². The number of hydrogen-bond donors (Lipinski definition) is 1. The first-order valence-electron chi connectivity index (χ1n) is 12.8. The Morgan fingerprint density at radius 2 is 2.00 bits per heavy atom. The van der Waals surface area contributed by atoms with Gasteiger partial charge in [-0.15, -0.1) is 6.58 Å². The molecule has 2 saturated heterocycles. The molecule has 0 radical (unpaired) electrons. The summed E-state index contributed by atoms with van der Waals surface area (Å²) in [6, 6.07) is 0. The zero-order valence-corrected chi connectivity index (χ0v) is 21.0. The van der Waals surface area contributed by atoms with Gasteiger partial charge in [0.05, 0.1) is 0 Å². The number of nitrogens with zero attached hydrogens (tertiary/aromatic N) is 4. The molecule has 0 spiro atoms. The highest BCUT2D eigenvalue weighted by atomic mass is 16.5. The topological polar surface area (TPSA) is 53.5 Å². The van der Waals surface area contributed by atoms with Gasteiger partial charge in [0, 0.05) is 25.4 Å². The van der Waals surface area contributed by atoms with Crippen LogP contribution in [0.5, 0.6) is 0 Å². The van der Waals surface area contributed by atoms with Gasteiger partial charge >= 0.3 is 0 Å². The summed E-state index contributed by atoms with van der Waals surface area (Å²) < 4.78 is 6.23. The first kappa shape index (κ1) is 25.4. The second-order valence-electron chi connectivity index (χ2n) is 9.29. The highest BCUT2D eigenvalue weighted by molar-refractivity contribution is 5.63. The lowest BCUT2D eigenvalue weighted by molar-refractivity contribution is 0.0956. The van der Waals surface area contributed by atoms with Crippen LogP contribution in [0.25, 0.3) is 5.57 Å². The number of likely N-dealkylation sites (tertiary alicyclic amines) is 1. The zero-order valence-electron chi connectivity index (χ0n) is 21.0. The van der Waals surface area contributed by atoms with Gasteiger partial charge in [0.25, 0.3) is 0 Å². The van der Waals surface area contributed by atoms with Crippen LogP contribution in [0.3, 0.4) is 0 Å². The highest BCUT2D eigenvalue weighted by Crippen LogP contribution is 2.25. The van der Waals surface area contributed by atoms with Gasteiger partial charge in [-0.05, 0) is 102 Å². The van der Waals surface area contributed by atoms with Gasteiger partial charge in [-0.3, -0.25) is 0 Å². The molecule has 2 fully saturated rings. The highest BCUT2D eigenvalue weighted by Gasteiger charge is 2.19. The van der Waals surface area contributed by atoms with Crippen LogP contribution in [-0.4, -0.2) is 67.3 Å². The third-order valence-electron chi connectivity index (χ3n) is 6.44. The maximum atomic E-state index is 6.23. The van der Waals surface area contributed by atoms with Crippen LogP contribution in [-0.2, 0) is 11.2 Å². The Kier molecular flexibility index (Phi) is 10.4. The summed E-state index contributed by atoms with van der Waals surface area (Å²) in [5.74, 6) is 2.71. The van der Waals surface area contributed by atoms with Gasteiger partial charge in [0.2, 0.25) is 0 Å². The second-order valence-corrected chi connectivity index (χ2v) is 9.29. The van der Waals surface area contributed by atoms with E-state index >= 15 is 0 Å². The van der Waals surface area contributed by atoms with Crippen LogP contribution in [0.1, 0.15) is 63.8 Å². The maximum Gasteiger partial charge on any atom is 0.157 e. The molecule has 4 rings (SSSR count). The Labute approximate surface area is 200 Å². The van der Waals surface area contributed by atoms with Gasteiger partial charge in [-0.2, -0.15) is 0 Å². The van der Waals surface area contributed by atoms with Gasteiger partial charge < -0.3 is 19.9 Å². The van der Waals surface area contributed by atoms with Crippen molar-refractivity contribution in [3.8, 4) is 0 Å². The maximum absolute atomic E-state index is 6.23. The van der Waals surface area contributed by atoms with E-state index in [0.29, 0.717) is 0 Å². The summed E-state index contributed by atoms with van der Waals surface area (Å²) in [4.78, 5) is 14.0. The standard InChI is InChI=1S/C20H28N4O.C7H15N/c1-4-5-6-18(25-17-7-10-21-11-8-17)13-15(2)19-22-14-16-9-12-24(3)20(16)23-19;1-2-5-8-6-3-4-7-8/h4,6,13-14,17,21H,1,5,7-12H2,2-3H3;2-7H2,1H3/b15-13+,18-6+;. The van der Waals surface area contributed by atoms with Crippen LogP contribution in [0.4, 0.5) is 5.82 Å². The number of rotatable bonds is 8. The molecular formula is C27H43N5O. The predicted octanol–water partition coefficient (Wildman–Crippen LogP) is 4.59. The molecule has 4 heterocycles. The van der Waals surface area contributed by atoms with E-state index in [2.05, 4.69) is 52.8 Å². The molecule has 3 aliphatic heterocycles. The first-order valence-corrected chi connectivity index (χ1v) is 12.8. The van der Waals surface area contributed by atoms with Gasteiger partial charge in [-0.25, -0.2) is 9.97 Å². The third kappa shape index (κ3) is 7.97. The number of ether oxygens (including phenoxy) is 1. The van der Waals surface area contributed by atoms with Crippen LogP contribution in [0.2, 0.25) is 0 Å². The SMILES string of the molecule is C=CC/C=C(\C=C(/C)c1ncc2c(n1)N(C)CC2)OC1CCNCC1.CCCN1CCCC1. The Morgan fingerprint density at radius 3 is 2.70 bits per heavy atom. The van der Waals surface area contributed by atoms with E-state index in [9.17, 15) is 0 Å². The molecule has 1 aromatic rings. The largest absolute Gasteiger partial charge is 0.491 e. The van der Waals surface area contributed by atoms with Gasteiger partial charge in [0.15, 0.2) is 5.82 Å². The smallest absolute Gasteiger partial charge is 0.157 e. The molecule has 6 heteroatoms. The first-order chi connectivity index (χ1) is 16.1. The average Bonchev–Trinajstić information content (AvgIpc) is 3.48. The molecule has 0 unspecified atom stereocenters. The molecule has 6 nitrogen and oxygen atoms in total. The number of anilines is 1. The fourth-order valence-electron chi connectivity index (χ4n) is 4.54. The molecule has 0 saturated carbocycles. The van der Waals surface area contributed by atoms with Crippen LogP contribution >= 0.6 is 0 Å². The van der Waals surface area contributed by atoms with E-state index in [1.165, 1.54) is 44.5 Å². The van der Waals surface area contributed by atoms with Crippen molar-refractivity contribution in [3.63, 3.8) is 0 Å². The number of allylic oxidation sites excluding steroid dienone is 4. The molecule has 0 aromatic carbocycles. The number of fused-ring (bicyclic) bond motifs is 1. The van der Waals surface area contributed by atoms with E-state index in [1.54, 1.807) is 0 Å². The van der Waals surface area contributed by atoms with Crippen molar-refractivity contribution in [3.05, 3.63) is 48.2 Å². The third-order valence-corrected chi connectivity index (χ3v) is 6.44. The molecule has 0 atom stereocenters. The summed E-state index contributed by atoms with van der Waals surface area (Å²) in [5, 5.41) is 3.37. The number of hydrogen-bond acceptors (Lipinski definition) is 6. The Hall–Kier alpha value is -2.18. The van der Waals surface area contributed by atoms with E-state index in [0.717, 1.165) is 68.3 Å². The van der Waals surface area contributed by atoms with E-state index in [1.807, 2.05) is 19.2 Å². The second kappa shape index (κ2) is 13.5. The molecule has 1 N–H and O–H groups in total. The van der Waals surface area contributed by atoms with Crippen LogP contribution in [0.15, 0.2) is 36.8 Å². The van der Waals surface area contributed by atoms with Crippen molar-refractivity contribution in [2.75, 3.05) is 51.2 Å². The Morgan fingerprint density at radius 1 is 1.24 bits per heavy atom. The fraction of sp³-hybridized carbons (Fsp3) is 0.630. The molecular weight excluding hydrogens is 410 g/mol. The fourth-order valence-corrected chi connectivity index (χ4v) is 4.54. The predicted molar refractivity (Wildman–Crippen MR) is 138 cm³/mol. The van der Waals surface area contributed by atoms with E-state index < -0.39 is 0 Å². The Balaban J connectivity index is 0.000000323. The zero-order chi connectivity index (χ0) is 23.5. The quantitative estimate of drug-likeness (QED) is 0.353. The van der Waals surface area contributed by atoms with Crippen molar-refractivity contribution >= 4 is 11.4 Å².